The zero-order chi connectivity index (χ0) is 18.2. The van der Waals surface area contributed by atoms with Crippen LogP contribution >= 0.6 is 12.2 Å². The Labute approximate surface area is 156 Å². The fourth-order valence-corrected chi connectivity index (χ4v) is 2.91. The summed E-state index contributed by atoms with van der Waals surface area (Å²) in [6, 6.07) is 18.5. The summed E-state index contributed by atoms with van der Waals surface area (Å²) in [5.41, 5.74) is 2.20. The molecule has 2 N–H and O–H groups in total. The second-order valence-corrected chi connectivity index (χ2v) is 7.29. The van der Waals surface area contributed by atoms with E-state index in [2.05, 4.69) is 48.7 Å². The number of rotatable bonds is 7. The van der Waals surface area contributed by atoms with Crippen LogP contribution in [0.2, 0.25) is 0 Å². The van der Waals surface area contributed by atoms with Crippen molar-refractivity contribution in [2.75, 3.05) is 5.32 Å². The lowest BCUT2D eigenvalue weighted by Gasteiger charge is -2.23. The minimum atomic E-state index is 0.171. The second-order valence-electron chi connectivity index (χ2n) is 6.88. The molecule has 0 saturated carbocycles. The Morgan fingerprint density at radius 3 is 2.16 bits per heavy atom. The molecule has 134 valence electrons. The van der Waals surface area contributed by atoms with Gasteiger partial charge in [-0.05, 0) is 68.2 Å². The van der Waals surface area contributed by atoms with Crippen molar-refractivity contribution in [1.29, 1.82) is 0 Å². The fraction of sp³-hybridized carbons (Fsp3) is 0.381. The van der Waals surface area contributed by atoms with Gasteiger partial charge in [-0.1, -0.05) is 44.2 Å². The number of ether oxygens (including phenoxy) is 1. The van der Waals surface area contributed by atoms with E-state index in [1.165, 1.54) is 5.56 Å². The molecule has 0 amide bonds. The van der Waals surface area contributed by atoms with Crippen LogP contribution in [0.25, 0.3) is 0 Å². The van der Waals surface area contributed by atoms with E-state index in [1.54, 1.807) is 0 Å². The summed E-state index contributed by atoms with van der Waals surface area (Å²) >= 11 is 5.51. The van der Waals surface area contributed by atoms with E-state index in [9.17, 15) is 0 Å². The lowest BCUT2D eigenvalue weighted by Crippen LogP contribution is -2.33. The van der Waals surface area contributed by atoms with Crippen LogP contribution in [-0.2, 0) is 0 Å². The molecule has 1 unspecified atom stereocenters. The molecule has 0 bridgehead atoms. The Morgan fingerprint density at radius 2 is 1.60 bits per heavy atom. The van der Waals surface area contributed by atoms with E-state index in [1.807, 2.05) is 44.2 Å². The number of hydrogen-bond donors (Lipinski definition) is 2. The molecule has 2 rings (SSSR count). The molecule has 2 aromatic carbocycles. The van der Waals surface area contributed by atoms with Crippen LogP contribution in [0.5, 0.6) is 5.75 Å². The summed E-state index contributed by atoms with van der Waals surface area (Å²) in [4.78, 5) is 0. The third kappa shape index (κ3) is 6.75. The maximum absolute atomic E-state index is 5.66. The monoisotopic (exact) mass is 356 g/mol. The van der Waals surface area contributed by atoms with Gasteiger partial charge >= 0.3 is 0 Å². The maximum Gasteiger partial charge on any atom is 0.171 e. The molecular weight excluding hydrogens is 328 g/mol. The molecular formula is C21H28N2OS. The van der Waals surface area contributed by atoms with Gasteiger partial charge in [-0.3, -0.25) is 0 Å². The van der Waals surface area contributed by atoms with Crippen LogP contribution in [-0.4, -0.2) is 11.2 Å². The predicted molar refractivity (Wildman–Crippen MR) is 110 cm³/mol. The highest BCUT2D eigenvalue weighted by Crippen LogP contribution is 2.22. The summed E-state index contributed by atoms with van der Waals surface area (Å²) in [6.45, 7) is 8.48. The van der Waals surface area contributed by atoms with Crippen LogP contribution in [0.1, 0.15) is 45.7 Å². The van der Waals surface area contributed by atoms with Crippen molar-refractivity contribution in [3.8, 4) is 5.75 Å². The van der Waals surface area contributed by atoms with Gasteiger partial charge in [-0.25, -0.2) is 0 Å². The number of anilines is 1. The summed E-state index contributed by atoms with van der Waals surface area (Å²) in [5.74, 6) is 1.44. The Balaban J connectivity index is 1.98. The van der Waals surface area contributed by atoms with Crippen molar-refractivity contribution in [3.05, 3.63) is 60.2 Å². The van der Waals surface area contributed by atoms with Crippen LogP contribution < -0.4 is 15.4 Å². The molecule has 0 fully saturated rings. The number of hydrogen-bond acceptors (Lipinski definition) is 2. The lowest BCUT2D eigenvalue weighted by molar-refractivity contribution is 0.242. The summed E-state index contributed by atoms with van der Waals surface area (Å²) in [6.07, 6.45) is 1.19. The Kier molecular flexibility index (Phi) is 7.26. The summed E-state index contributed by atoms with van der Waals surface area (Å²) in [5, 5.41) is 7.34. The second kappa shape index (κ2) is 9.42. The quantitative estimate of drug-likeness (QED) is 0.638. The first kappa shape index (κ1) is 19.3. The van der Waals surface area contributed by atoms with Gasteiger partial charge in [0.1, 0.15) is 5.75 Å². The Morgan fingerprint density at radius 1 is 0.960 bits per heavy atom. The topological polar surface area (TPSA) is 33.3 Å². The number of nitrogens with one attached hydrogen (secondary N) is 2. The standard InChI is InChI=1S/C21H28N2OS/c1-15(2)14-20(17-8-6-5-7-9-17)23-21(25)22-18-10-12-19(13-11-18)24-16(3)4/h5-13,15-16,20H,14H2,1-4H3,(H2,22,23,25). The molecule has 0 radical (unpaired) electrons. The van der Waals surface area contributed by atoms with E-state index in [0.717, 1.165) is 17.9 Å². The highest BCUT2D eigenvalue weighted by atomic mass is 32.1. The first-order valence-corrected chi connectivity index (χ1v) is 9.24. The zero-order valence-electron chi connectivity index (χ0n) is 15.5. The Hall–Kier alpha value is -2.07. The van der Waals surface area contributed by atoms with Gasteiger partial charge in [0.2, 0.25) is 0 Å². The maximum atomic E-state index is 5.66. The predicted octanol–water partition coefficient (Wildman–Crippen LogP) is 5.55. The summed E-state index contributed by atoms with van der Waals surface area (Å²) in [7, 11) is 0. The van der Waals surface area contributed by atoms with Gasteiger partial charge in [-0.15, -0.1) is 0 Å². The van der Waals surface area contributed by atoms with Gasteiger partial charge < -0.3 is 15.4 Å². The van der Waals surface area contributed by atoms with E-state index in [0.29, 0.717) is 11.0 Å². The molecule has 2 aromatic rings. The van der Waals surface area contributed by atoms with Gasteiger partial charge in [0.15, 0.2) is 5.11 Å². The highest BCUT2D eigenvalue weighted by Gasteiger charge is 2.14. The molecule has 1 atom stereocenters. The van der Waals surface area contributed by atoms with Crippen LogP contribution in [0.15, 0.2) is 54.6 Å². The third-order valence-corrected chi connectivity index (χ3v) is 3.92. The van der Waals surface area contributed by atoms with Gasteiger partial charge in [0.25, 0.3) is 0 Å². The first-order chi connectivity index (χ1) is 11.9. The molecule has 4 heteroatoms. The smallest absolute Gasteiger partial charge is 0.171 e. The van der Waals surface area contributed by atoms with Gasteiger partial charge in [0.05, 0.1) is 12.1 Å². The lowest BCUT2D eigenvalue weighted by atomic mass is 9.97. The van der Waals surface area contributed by atoms with E-state index in [4.69, 9.17) is 17.0 Å². The molecule has 0 saturated heterocycles. The van der Waals surface area contributed by atoms with Crippen molar-refractivity contribution in [2.24, 2.45) is 5.92 Å². The fourth-order valence-electron chi connectivity index (χ4n) is 2.65. The molecule has 0 aliphatic heterocycles. The van der Waals surface area contributed by atoms with Crippen LogP contribution in [0, 0.1) is 5.92 Å². The molecule has 3 nitrogen and oxygen atoms in total. The molecule has 0 heterocycles. The van der Waals surface area contributed by atoms with E-state index < -0.39 is 0 Å². The van der Waals surface area contributed by atoms with E-state index >= 15 is 0 Å². The van der Waals surface area contributed by atoms with Crippen LogP contribution in [0.4, 0.5) is 5.69 Å². The first-order valence-electron chi connectivity index (χ1n) is 8.83. The number of thiocarbonyl (C=S) groups is 1. The Bertz CT molecular complexity index is 653. The highest BCUT2D eigenvalue weighted by molar-refractivity contribution is 7.80. The molecule has 0 aliphatic carbocycles. The van der Waals surface area contributed by atoms with Crippen molar-refractivity contribution in [1.82, 2.24) is 5.32 Å². The average Bonchev–Trinajstić information content (AvgIpc) is 2.56. The van der Waals surface area contributed by atoms with Gasteiger partial charge in [-0.2, -0.15) is 0 Å². The van der Waals surface area contributed by atoms with Crippen molar-refractivity contribution in [3.63, 3.8) is 0 Å². The molecule has 0 aromatic heterocycles. The van der Waals surface area contributed by atoms with Gasteiger partial charge in [0, 0.05) is 5.69 Å². The van der Waals surface area contributed by atoms with E-state index in [-0.39, 0.29) is 12.1 Å². The molecule has 0 spiro atoms. The molecule has 0 aliphatic rings. The minimum absolute atomic E-state index is 0.171. The number of benzene rings is 2. The SMILES string of the molecule is CC(C)CC(NC(=S)Nc1ccc(OC(C)C)cc1)c1ccccc1. The summed E-state index contributed by atoms with van der Waals surface area (Å²) < 4.78 is 5.66. The van der Waals surface area contributed by atoms with Crippen LogP contribution in [0.3, 0.4) is 0 Å². The van der Waals surface area contributed by atoms with Crippen molar-refractivity contribution >= 4 is 23.0 Å². The van der Waals surface area contributed by atoms with Crippen molar-refractivity contribution < 1.29 is 4.74 Å². The minimum Gasteiger partial charge on any atom is -0.491 e. The van der Waals surface area contributed by atoms with Crippen molar-refractivity contribution in [2.45, 2.75) is 46.3 Å². The normalized spacial score (nSPS) is 12.1. The largest absolute Gasteiger partial charge is 0.491 e. The average molecular weight is 357 g/mol. The zero-order valence-corrected chi connectivity index (χ0v) is 16.3. The molecule has 25 heavy (non-hydrogen) atoms. The third-order valence-electron chi connectivity index (χ3n) is 3.70.